The Morgan fingerprint density at radius 3 is 2.48 bits per heavy atom. The number of fused-ring (bicyclic) bond motifs is 1. The number of hydrogen-bond acceptors (Lipinski definition) is 3. The maximum Gasteiger partial charge on any atom is 0.323 e. The molecular weight excluding hydrogens is 376 g/mol. The molecule has 4 rings (SSSR count). The summed E-state index contributed by atoms with van der Waals surface area (Å²) in [5.41, 5.74) is 2.79. The molecule has 144 valence electrons. The molecule has 3 N–H and O–H groups in total. The standard InChI is InChI=1S/C21H15F2N5O/c22-13-9-14(23)11-17(10-13)26-21(29)25-16-5-7-20-18(12-16)19(27-28-20)6-4-15-3-1-2-8-24-15/h1-12H,(H,27,28)(H2,25,26,29)/b6-4+. The number of nitrogens with zero attached hydrogens (tertiary/aromatic N) is 2. The summed E-state index contributed by atoms with van der Waals surface area (Å²) in [5, 5.41) is 13.0. The number of anilines is 2. The summed E-state index contributed by atoms with van der Waals surface area (Å²) in [7, 11) is 0. The van der Waals surface area contributed by atoms with E-state index < -0.39 is 17.7 Å². The first-order valence-electron chi connectivity index (χ1n) is 8.68. The first kappa shape index (κ1) is 18.3. The average Bonchev–Trinajstić information content (AvgIpc) is 3.08. The van der Waals surface area contributed by atoms with Gasteiger partial charge in [0, 0.05) is 29.0 Å². The first-order valence-corrected chi connectivity index (χ1v) is 8.68. The summed E-state index contributed by atoms with van der Waals surface area (Å²) in [6.45, 7) is 0. The van der Waals surface area contributed by atoms with Crippen molar-refractivity contribution in [2.75, 3.05) is 10.6 Å². The quantitative estimate of drug-likeness (QED) is 0.455. The van der Waals surface area contributed by atoms with Gasteiger partial charge in [-0.2, -0.15) is 5.10 Å². The average molecular weight is 391 g/mol. The van der Waals surface area contributed by atoms with Crippen LogP contribution in [-0.4, -0.2) is 21.2 Å². The Morgan fingerprint density at radius 1 is 0.931 bits per heavy atom. The van der Waals surface area contributed by atoms with Crippen molar-refractivity contribution < 1.29 is 13.6 Å². The first-order chi connectivity index (χ1) is 14.1. The molecule has 0 unspecified atom stereocenters. The monoisotopic (exact) mass is 391 g/mol. The van der Waals surface area contributed by atoms with E-state index in [-0.39, 0.29) is 5.69 Å². The predicted octanol–water partition coefficient (Wildman–Crippen LogP) is 5.05. The SMILES string of the molecule is O=C(Nc1cc(F)cc(F)c1)Nc1ccc2n[nH]c(/C=C/c3ccccn3)c2c1. The van der Waals surface area contributed by atoms with Gasteiger partial charge in [0.1, 0.15) is 11.6 Å². The molecule has 0 fully saturated rings. The van der Waals surface area contributed by atoms with Crippen LogP contribution in [0.3, 0.4) is 0 Å². The van der Waals surface area contributed by atoms with Gasteiger partial charge >= 0.3 is 6.03 Å². The Bertz CT molecular complexity index is 1180. The van der Waals surface area contributed by atoms with Crippen LogP contribution in [0.2, 0.25) is 0 Å². The van der Waals surface area contributed by atoms with Crippen LogP contribution in [0.25, 0.3) is 23.1 Å². The maximum atomic E-state index is 13.3. The van der Waals surface area contributed by atoms with Gasteiger partial charge in [0.2, 0.25) is 0 Å². The fraction of sp³-hybridized carbons (Fsp3) is 0. The second-order valence-corrected chi connectivity index (χ2v) is 6.19. The minimum Gasteiger partial charge on any atom is -0.308 e. The van der Waals surface area contributed by atoms with Gasteiger partial charge in [-0.25, -0.2) is 13.6 Å². The van der Waals surface area contributed by atoms with E-state index in [0.29, 0.717) is 5.69 Å². The number of carbonyl (C=O) groups excluding carboxylic acids is 1. The molecule has 2 aromatic carbocycles. The lowest BCUT2D eigenvalue weighted by atomic mass is 10.1. The minimum atomic E-state index is -0.774. The van der Waals surface area contributed by atoms with Crippen molar-refractivity contribution in [2.24, 2.45) is 0 Å². The molecule has 4 aromatic rings. The molecule has 2 aromatic heterocycles. The maximum absolute atomic E-state index is 13.3. The molecule has 0 saturated carbocycles. The second-order valence-electron chi connectivity index (χ2n) is 6.19. The lowest BCUT2D eigenvalue weighted by Gasteiger charge is -2.08. The molecule has 0 aliphatic heterocycles. The normalized spacial score (nSPS) is 11.1. The van der Waals surface area contributed by atoms with Crippen molar-refractivity contribution in [3.63, 3.8) is 0 Å². The number of nitrogens with one attached hydrogen (secondary N) is 3. The highest BCUT2D eigenvalue weighted by Gasteiger charge is 2.08. The van der Waals surface area contributed by atoms with E-state index in [4.69, 9.17) is 0 Å². The number of rotatable bonds is 4. The largest absolute Gasteiger partial charge is 0.323 e. The summed E-state index contributed by atoms with van der Waals surface area (Å²) >= 11 is 0. The number of hydrogen-bond donors (Lipinski definition) is 3. The summed E-state index contributed by atoms with van der Waals surface area (Å²) in [6.07, 6.45) is 5.39. The van der Waals surface area contributed by atoms with E-state index in [1.807, 2.05) is 30.4 Å². The number of amides is 2. The van der Waals surface area contributed by atoms with E-state index in [1.54, 1.807) is 24.4 Å². The zero-order chi connectivity index (χ0) is 20.2. The third-order valence-corrected chi connectivity index (χ3v) is 4.07. The number of pyridine rings is 1. The van der Waals surface area contributed by atoms with Gasteiger partial charge in [0.15, 0.2) is 0 Å². The Morgan fingerprint density at radius 2 is 1.72 bits per heavy atom. The Labute approximate surface area is 164 Å². The zero-order valence-corrected chi connectivity index (χ0v) is 15.0. The van der Waals surface area contributed by atoms with Crippen LogP contribution in [0, 0.1) is 11.6 Å². The lowest BCUT2D eigenvalue weighted by molar-refractivity contribution is 0.262. The van der Waals surface area contributed by atoms with Crippen LogP contribution in [0.1, 0.15) is 11.4 Å². The van der Waals surface area contributed by atoms with Crippen LogP contribution >= 0.6 is 0 Å². The van der Waals surface area contributed by atoms with Gasteiger partial charge in [-0.15, -0.1) is 0 Å². The molecule has 0 radical (unpaired) electrons. The third kappa shape index (κ3) is 4.44. The van der Waals surface area contributed by atoms with Crippen molar-refractivity contribution >= 4 is 40.5 Å². The number of aromatic nitrogens is 3. The number of urea groups is 1. The highest BCUT2D eigenvalue weighted by atomic mass is 19.1. The summed E-state index contributed by atoms with van der Waals surface area (Å²) < 4.78 is 26.5. The fourth-order valence-electron chi connectivity index (χ4n) is 2.80. The van der Waals surface area contributed by atoms with Crippen LogP contribution in [-0.2, 0) is 0 Å². The lowest BCUT2D eigenvalue weighted by Crippen LogP contribution is -2.19. The zero-order valence-electron chi connectivity index (χ0n) is 15.0. The molecule has 6 nitrogen and oxygen atoms in total. The van der Waals surface area contributed by atoms with E-state index >= 15 is 0 Å². The fourth-order valence-corrected chi connectivity index (χ4v) is 2.80. The highest BCUT2D eigenvalue weighted by molar-refractivity contribution is 6.01. The van der Waals surface area contributed by atoms with Crippen molar-refractivity contribution in [1.29, 1.82) is 0 Å². The number of aromatic amines is 1. The molecule has 2 amide bonds. The van der Waals surface area contributed by atoms with Crippen molar-refractivity contribution in [2.45, 2.75) is 0 Å². The third-order valence-electron chi connectivity index (χ3n) is 4.07. The van der Waals surface area contributed by atoms with Crippen molar-refractivity contribution in [1.82, 2.24) is 15.2 Å². The van der Waals surface area contributed by atoms with Gasteiger partial charge < -0.3 is 10.6 Å². The summed E-state index contributed by atoms with van der Waals surface area (Å²) in [6, 6.07) is 13.0. The van der Waals surface area contributed by atoms with Gasteiger partial charge in [-0.3, -0.25) is 10.1 Å². The summed E-state index contributed by atoms with van der Waals surface area (Å²) in [4.78, 5) is 16.4. The molecule has 0 spiro atoms. The van der Waals surface area contributed by atoms with E-state index in [9.17, 15) is 13.6 Å². The van der Waals surface area contributed by atoms with Crippen molar-refractivity contribution in [3.05, 3.63) is 83.8 Å². The van der Waals surface area contributed by atoms with Gasteiger partial charge in [-0.05, 0) is 54.6 Å². The molecular formula is C21H15F2N5O. The highest BCUT2D eigenvalue weighted by Crippen LogP contribution is 2.22. The molecule has 29 heavy (non-hydrogen) atoms. The molecule has 2 heterocycles. The Balaban J connectivity index is 1.52. The molecule has 0 aliphatic carbocycles. The van der Waals surface area contributed by atoms with Crippen LogP contribution in [0.15, 0.2) is 60.8 Å². The summed E-state index contributed by atoms with van der Waals surface area (Å²) in [5.74, 6) is -1.55. The number of halogens is 2. The Hall–Kier alpha value is -4.07. The molecule has 0 atom stereocenters. The predicted molar refractivity (Wildman–Crippen MR) is 108 cm³/mol. The van der Waals surface area contributed by atoms with Gasteiger partial charge in [-0.1, -0.05) is 6.07 Å². The van der Waals surface area contributed by atoms with Crippen LogP contribution < -0.4 is 10.6 Å². The molecule has 0 saturated heterocycles. The topological polar surface area (TPSA) is 82.7 Å². The molecule has 0 bridgehead atoms. The van der Waals surface area contributed by atoms with E-state index in [2.05, 4.69) is 25.8 Å². The number of benzene rings is 2. The second kappa shape index (κ2) is 7.89. The van der Waals surface area contributed by atoms with Crippen molar-refractivity contribution in [3.8, 4) is 0 Å². The van der Waals surface area contributed by atoms with Gasteiger partial charge in [0.25, 0.3) is 0 Å². The van der Waals surface area contributed by atoms with Gasteiger partial charge in [0.05, 0.1) is 16.9 Å². The number of carbonyl (C=O) groups is 1. The molecule has 8 heteroatoms. The van der Waals surface area contributed by atoms with E-state index in [1.165, 1.54) is 0 Å². The van der Waals surface area contributed by atoms with Crippen LogP contribution in [0.5, 0.6) is 0 Å². The molecule has 0 aliphatic rings. The smallest absolute Gasteiger partial charge is 0.308 e. The number of H-pyrrole nitrogens is 1. The van der Waals surface area contributed by atoms with Crippen LogP contribution in [0.4, 0.5) is 25.0 Å². The minimum absolute atomic E-state index is 0.0170. The Kier molecular flexibility index (Phi) is 4.98. The van der Waals surface area contributed by atoms with E-state index in [0.717, 1.165) is 40.5 Å².